The van der Waals surface area contributed by atoms with Gasteiger partial charge in [-0.3, -0.25) is 4.90 Å². The van der Waals surface area contributed by atoms with Gasteiger partial charge in [0.25, 0.3) is 0 Å². The summed E-state index contributed by atoms with van der Waals surface area (Å²) in [5.74, 6) is 0.675. The molecule has 0 aliphatic rings. The second-order valence-corrected chi connectivity index (χ2v) is 5.78. The summed E-state index contributed by atoms with van der Waals surface area (Å²) >= 11 is 8.90. The minimum Gasteiger partial charge on any atom is -0.465 e. The second-order valence-electron chi connectivity index (χ2n) is 4.61. The van der Waals surface area contributed by atoms with Crippen molar-refractivity contribution in [2.45, 2.75) is 13.3 Å². The molecule has 8 heteroatoms. The molecule has 0 aliphatic carbocycles. The molecule has 0 radical (unpaired) electrons. The van der Waals surface area contributed by atoms with Crippen molar-refractivity contribution in [2.75, 3.05) is 35.7 Å². The quantitative estimate of drug-likeness (QED) is 0.661. The summed E-state index contributed by atoms with van der Waals surface area (Å²) in [5.41, 5.74) is 0.441. The number of carbonyl (C=O) groups is 2. The van der Waals surface area contributed by atoms with Crippen LogP contribution in [0, 0.1) is 0 Å². The highest BCUT2D eigenvalue weighted by atomic mass is 79.9. The van der Waals surface area contributed by atoms with E-state index in [0.29, 0.717) is 42.2 Å². The molecule has 0 saturated heterocycles. The maximum Gasteiger partial charge on any atom is 0.415 e. The van der Waals surface area contributed by atoms with Crippen molar-refractivity contribution in [2.24, 2.45) is 0 Å². The van der Waals surface area contributed by atoms with E-state index in [9.17, 15) is 14.7 Å². The van der Waals surface area contributed by atoms with Gasteiger partial charge >= 0.3 is 12.2 Å². The SMILES string of the molecule is CCN(CCBr)C(=O)Oc1cccc(N(CCCCl)C(=O)O)c1. The molecule has 23 heavy (non-hydrogen) atoms. The summed E-state index contributed by atoms with van der Waals surface area (Å²) in [5, 5.41) is 9.94. The van der Waals surface area contributed by atoms with Gasteiger partial charge in [0.2, 0.25) is 0 Å². The van der Waals surface area contributed by atoms with E-state index >= 15 is 0 Å². The van der Waals surface area contributed by atoms with Crippen LogP contribution in [0.5, 0.6) is 5.75 Å². The normalized spacial score (nSPS) is 10.2. The maximum atomic E-state index is 12.1. The van der Waals surface area contributed by atoms with E-state index in [4.69, 9.17) is 16.3 Å². The van der Waals surface area contributed by atoms with Crippen molar-refractivity contribution < 1.29 is 19.4 Å². The summed E-state index contributed by atoms with van der Waals surface area (Å²) < 4.78 is 5.32. The van der Waals surface area contributed by atoms with Crippen LogP contribution in [0.3, 0.4) is 0 Å². The highest BCUT2D eigenvalue weighted by molar-refractivity contribution is 9.09. The van der Waals surface area contributed by atoms with Crippen molar-refractivity contribution in [3.63, 3.8) is 0 Å². The van der Waals surface area contributed by atoms with Gasteiger partial charge in [-0.15, -0.1) is 11.6 Å². The van der Waals surface area contributed by atoms with Crippen LogP contribution < -0.4 is 9.64 Å². The lowest BCUT2D eigenvalue weighted by Crippen LogP contribution is -2.35. The number of amides is 2. The third-order valence-corrected chi connectivity index (χ3v) is 3.70. The fourth-order valence-electron chi connectivity index (χ4n) is 1.91. The molecule has 1 aromatic rings. The first-order valence-corrected chi connectivity index (χ1v) is 8.88. The third-order valence-electron chi connectivity index (χ3n) is 3.08. The molecule has 1 aromatic carbocycles. The lowest BCUT2D eigenvalue weighted by atomic mass is 10.2. The number of hydrogen-bond acceptors (Lipinski definition) is 3. The van der Waals surface area contributed by atoms with Gasteiger partial charge in [0.15, 0.2) is 0 Å². The van der Waals surface area contributed by atoms with Crippen LogP contribution in [-0.2, 0) is 0 Å². The highest BCUT2D eigenvalue weighted by Gasteiger charge is 2.17. The highest BCUT2D eigenvalue weighted by Crippen LogP contribution is 2.22. The van der Waals surface area contributed by atoms with Gasteiger partial charge < -0.3 is 14.7 Å². The second kappa shape index (κ2) is 10.3. The lowest BCUT2D eigenvalue weighted by molar-refractivity contribution is 0.158. The Morgan fingerprint density at radius 2 is 2.09 bits per heavy atom. The zero-order valence-corrected chi connectivity index (χ0v) is 15.2. The van der Waals surface area contributed by atoms with E-state index in [2.05, 4.69) is 15.9 Å². The zero-order chi connectivity index (χ0) is 17.2. The predicted molar refractivity (Wildman–Crippen MR) is 94.2 cm³/mol. The Labute approximate surface area is 149 Å². The minimum absolute atomic E-state index is 0.279. The van der Waals surface area contributed by atoms with Crippen molar-refractivity contribution in [3.05, 3.63) is 24.3 Å². The van der Waals surface area contributed by atoms with E-state index < -0.39 is 12.2 Å². The number of halogens is 2. The monoisotopic (exact) mass is 406 g/mol. The first-order chi connectivity index (χ1) is 11.0. The number of nitrogens with zero attached hydrogens (tertiary/aromatic N) is 2. The molecular weight excluding hydrogens is 388 g/mol. The summed E-state index contributed by atoms with van der Waals surface area (Å²) in [6, 6.07) is 6.44. The summed E-state index contributed by atoms with van der Waals surface area (Å²) in [4.78, 5) is 26.1. The smallest absolute Gasteiger partial charge is 0.415 e. The molecule has 0 atom stereocenters. The zero-order valence-electron chi connectivity index (χ0n) is 12.9. The molecule has 0 aliphatic heterocycles. The molecule has 0 aromatic heterocycles. The number of ether oxygens (including phenoxy) is 1. The van der Waals surface area contributed by atoms with Crippen molar-refractivity contribution in [3.8, 4) is 5.75 Å². The molecule has 2 amide bonds. The average molecular weight is 408 g/mol. The molecule has 0 fully saturated rings. The van der Waals surface area contributed by atoms with Gasteiger partial charge in [0.05, 0.1) is 5.69 Å². The number of alkyl halides is 2. The summed E-state index contributed by atoms with van der Waals surface area (Å²) in [6.45, 7) is 3.20. The maximum absolute atomic E-state index is 12.1. The van der Waals surface area contributed by atoms with E-state index in [1.807, 2.05) is 6.92 Å². The first-order valence-electron chi connectivity index (χ1n) is 7.22. The standard InChI is InChI=1S/C15H20BrClN2O4/c1-2-18(10-7-16)15(22)23-13-6-3-5-12(11-13)19(14(20)21)9-4-8-17/h3,5-6,11H,2,4,7-10H2,1H3,(H,20,21). The molecule has 6 nitrogen and oxygen atoms in total. The van der Waals surface area contributed by atoms with Crippen LogP contribution >= 0.6 is 27.5 Å². The van der Waals surface area contributed by atoms with Gasteiger partial charge in [-0.2, -0.15) is 0 Å². The van der Waals surface area contributed by atoms with Gasteiger partial charge in [-0.05, 0) is 25.5 Å². The number of hydrogen-bond donors (Lipinski definition) is 1. The fraction of sp³-hybridized carbons (Fsp3) is 0.467. The number of carboxylic acid groups (broad SMARTS) is 1. The number of carbonyl (C=O) groups excluding carboxylic acids is 1. The first kappa shape index (κ1) is 19.6. The topological polar surface area (TPSA) is 70.1 Å². The van der Waals surface area contributed by atoms with Crippen LogP contribution in [0.15, 0.2) is 24.3 Å². The molecule has 0 unspecified atom stereocenters. The molecule has 1 N–H and O–H groups in total. The molecule has 0 saturated carbocycles. The Bertz CT molecular complexity index is 530. The van der Waals surface area contributed by atoms with E-state index in [1.165, 1.54) is 11.0 Å². The molecule has 128 valence electrons. The van der Waals surface area contributed by atoms with E-state index in [1.54, 1.807) is 23.1 Å². The van der Waals surface area contributed by atoms with Gasteiger partial charge in [0.1, 0.15) is 5.75 Å². The van der Waals surface area contributed by atoms with Crippen molar-refractivity contribution in [1.82, 2.24) is 4.90 Å². The third kappa shape index (κ3) is 6.27. The van der Waals surface area contributed by atoms with E-state index in [-0.39, 0.29) is 6.54 Å². The van der Waals surface area contributed by atoms with Crippen LogP contribution in [-0.4, -0.2) is 53.0 Å². The summed E-state index contributed by atoms with van der Waals surface area (Å²) in [6.07, 6.45) is -1.01. The van der Waals surface area contributed by atoms with Crippen LogP contribution in [0.4, 0.5) is 15.3 Å². The van der Waals surface area contributed by atoms with Crippen LogP contribution in [0.1, 0.15) is 13.3 Å². The van der Waals surface area contributed by atoms with Gasteiger partial charge in [-0.25, -0.2) is 9.59 Å². The Morgan fingerprint density at radius 1 is 1.35 bits per heavy atom. The van der Waals surface area contributed by atoms with Crippen molar-refractivity contribution in [1.29, 1.82) is 0 Å². The molecule has 0 spiro atoms. The Balaban J connectivity index is 2.86. The predicted octanol–water partition coefficient (Wildman–Crippen LogP) is 4.02. The van der Waals surface area contributed by atoms with Crippen LogP contribution in [0.2, 0.25) is 0 Å². The largest absolute Gasteiger partial charge is 0.465 e. The molecule has 0 bridgehead atoms. The Morgan fingerprint density at radius 3 is 2.65 bits per heavy atom. The van der Waals surface area contributed by atoms with Gasteiger partial charge in [-0.1, -0.05) is 22.0 Å². The fourth-order valence-corrected chi connectivity index (χ4v) is 2.46. The number of anilines is 1. The van der Waals surface area contributed by atoms with E-state index in [0.717, 1.165) is 0 Å². The molecular formula is C15H20BrClN2O4. The van der Waals surface area contributed by atoms with Crippen LogP contribution in [0.25, 0.3) is 0 Å². The number of rotatable bonds is 8. The Hall–Kier alpha value is -1.47. The minimum atomic E-state index is -1.08. The average Bonchev–Trinajstić information content (AvgIpc) is 2.53. The lowest BCUT2D eigenvalue weighted by Gasteiger charge is -2.21. The summed E-state index contributed by atoms with van der Waals surface area (Å²) in [7, 11) is 0. The molecule has 1 rings (SSSR count). The Kier molecular flexibility index (Phi) is 8.79. The van der Waals surface area contributed by atoms with Gasteiger partial charge in [0, 0.05) is 36.9 Å². The number of benzene rings is 1. The van der Waals surface area contributed by atoms with Crippen molar-refractivity contribution >= 4 is 45.4 Å². The molecule has 0 heterocycles.